The standard InChI is InChI=1S/C20H23N5O2S/c1-12-23-18-15(3-2-4-17(18)28-12)24-20(26)13-9-16-19(21-10-13)25(11-22-16)14-5-7-27-8-6-14/h9-11,14-15H,2-8H2,1H3,(H,24,26). The smallest absolute Gasteiger partial charge is 0.253 e. The number of fused-ring (bicyclic) bond motifs is 2. The summed E-state index contributed by atoms with van der Waals surface area (Å²) in [5.74, 6) is -0.112. The van der Waals surface area contributed by atoms with Crippen LogP contribution in [0.15, 0.2) is 18.6 Å². The number of aromatic nitrogens is 4. The fraction of sp³-hybridized carbons (Fsp3) is 0.500. The number of ether oxygens (including phenoxy) is 1. The molecule has 7 nitrogen and oxygen atoms in total. The van der Waals surface area contributed by atoms with E-state index in [0.717, 1.165) is 67.2 Å². The lowest BCUT2D eigenvalue weighted by Crippen LogP contribution is -2.31. The molecule has 3 aromatic rings. The number of rotatable bonds is 3. The van der Waals surface area contributed by atoms with Crippen molar-refractivity contribution >= 4 is 28.4 Å². The van der Waals surface area contributed by atoms with E-state index in [-0.39, 0.29) is 11.9 Å². The van der Waals surface area contributed by atoms with Gasteiger partial charge in [0.05, 0.1) is 28.6 Å². The summed E-state index contributed by atoms with van der Waals surface area (Å²) in [7, 11) is 0. The highest BCUT2D eigenvalue weighted by Gasteiger charge is 2.26. The number of aryl methyl sites for hydroxylation is 2. The molecule has 1 saturated heterocycles. The van der Waals surface area contributed by atoms with Gasteiger partial charge in [0.1, 0.15) is 5.52 Å². The molecule has 1 aliphatic heterocycles. The highest BCUT2D eigenvalue weighted by Crippen LogP contribution is 2.33. The van der Waals surface area contributed by atoms with Gasteiger partial charge in [-0.05, 0) is 45.1 Å². The summed E-state index contributed by atoms with van der Waals surface area (Å²) in [4.78, 5) is 27.9. The van der Waals surface area contributed by atoms with Crippen molar-refractivity contribution in [2.75, 3.05) is 13.2 Å². The van der Waals surface area contributed by atoms with Crippen molar-refractivity contribution in [1.29, 1.82) is 0 Å². The van der Waals surface area contributed by atoms with Gasteiger partial charge in [-0.25, -0.2) is 15.0 Å². The van der Waals surface area contributed by atoms with E-state index >= 15 is 0 Å². The van der Waals surface area contributed by atoms with E-state index in [9.17, 15) is 4.79 Å². The van der Waals surface area contributed by atoms with Crippen molar-refractivity contribution in [2.45, 2.75) is 51.1 Å². The first kappa shape index (κ1) is 17.8. The second-order valence-electron chi connectivity index (χ2n) is 7.52. The van der Waals surface area contributed by atoms with Gasteiger partial charge in [0.25, 0.3) is 5.91 Å². The lowest BCUT2D eigenvalue weighted by atomic mass is 9.97. The number of pyridine rings is 1. The first-order valence-electron chi connectivity index (χ1n) is 9.86. The van der Waals surface area contributed by atoms with Gasteiger partial charge in [0.2, 0.25) is 0 Å². The van der Waals surface area contributed by atoms with Gasteiger partial charge in [-0.15, -0.1) is 11.3 Å². The van der Waals surface area contributed by atoms with Crippen LogP contribution in [-0.2, 0) is 11.2 Å². The van der Waals surface area contributed by atoms with Gasteiger partial charge in [-0.2, -0.15) is 0 Å². The van der Waals surface area contributed by atoms with Crippen LogP contribution in [0.3, 0.4) is 0 Å². The van der Waals surface area contributed by atoms with E-state index in [4.69, 9.17) is 4.74 Å². The predicted molar refractivity (Wildman–Crippen MR) is 107 cm³/mol. The van der Waals surface area contributed by atoms with E-state index in [1.165, 1.54) is 4.88 Å². The molecule has 1 aliphatic carbocycles. The number of carbonyl (C=O) groups excluding carboxylic acids is 1. The Morgan fingerprint density at radius 3 is 3.00 bits per heavy atom. The van der Waals surface area contributed by atoms with Gasteiger partial charge in [-0.1, -0.05) is 0 Å². The highest BCUT2D eigenvalue weighted by atomic mass is 32.1. The molecule has 4 heterocycles. The van der Waals surface area contributed by atoms with Crippen LogP contribution in [0.25, 0.3) is 11.2 Å². The van der Waals surface area contributed by atoms with E-state index in [2.05, 4.69) is 24.8 Å². The highest BCUT2D eigenvalue weighted by molar-refractivity contribution is 7.11. The van der Waals surface area contributed by atoms with E-state index in [1.54, 1.807) is 17.5 Å². The maximum absolute atomic E-state index is 12.9. The van der Waals surface area contributed by atoms with Gasteiger partial charge in [0, 0.05) is 30.3 Å². The maximum Gasteiger partial charge on any atom is 0.253 e. The third kappa shape index (κ3) is 3.20. The lowest BCUT2D eigenvalue weighted by molar-refractivity contribution is 0.0704. The SMILES string of the molecule is Cc1nc2c(s1)CCCC2NC(=O)c1cnc2c(c1)ncn2C1CCOCC1. The summed E-state index contributed by atoms with van der Waals surface area (Å²) < 4.78 is 7.56. The number of carbonyl (C=O) groups is 1. The Morgan fingerprint density at radius 1 is 1.29 bits per heavy atom. The molecule has 0 radical (unpaired) electrons. The van der Waals surface area contributed by atoms with Crippen LogP contribution in [0.2, 0.25) is 0 Å². The lowest BCUT2D eigenvalue weighted by Gasteiger charge is -2.23. The van der Waals surface area contributed by atoms with Crippen LogP contribution < -0.4 is 5.32 Å². The summed E-state index contributed by atoms with van der Waals surface area (Å²) in [6.07, 6.45) is 8.48. The van der Waals surface area contributed by atoms with E-state index < -0.39 is 0 Å². The van der Waals surface area contributed by atoms with Gasteiger partial charge in [0.15, 0.2) is 5.65 Å². The molecule has 28 heavy (non-hydrogen) atoms. The molecule has 146 valence electrons. The van der Waals surface area contributed by atoms with Crippen molar-refractivity contribution in [3.63, 3.8) is 0 Å². The molecular formula is C20H23N5O2S. The van der Waals surface area contributed by atoms with E-state index in [0.29, 0.717) is 11.6 Å². The molecule has 0 bridgehead atoms. The van der Waals surface area contributed by atoms with Crippen molar-refractivity contribution in [3.8, 4) is 0 Å². The van der Waals surface area contributed by atoms with Crippen molar-refractivity contribution in [3.05, 3.63) is 39.7 Å². The number of hydrogen-bond acceptors (Lipinski definition) is 6. The van der Waals surface area contributed by atoms with Crippen molar-refractivity contribution in [1.82, 2.24) is 24.8 Å². The summed E-state index contributed by atoms with van der Waals surface area (Å²) in [6.45, 7) is 3.56. The molecule has 0 saturated carbocycles. The molecule has 1 fully saturated rings. The van der Waals surface area contributed by atoms with Gasteiger partial charge >= 0.3 is 0 Å². The fourth-order valence-electron chi connectivity index (χ4n) is 4.20. The number of amides is 1. The third-order valence-corrected chi connectivity index (χ3v) is 6.67. The number of hydrogen-bond donors (Lipinski definition) is 1. The molecule has 1 amide bonds. The Bertz CT molecular complexity index is 1020. The fourth-order valence-corrected chi connectivity index (χ4v) is 5.24. The average Bonchev–Trinajstić information content (AvgIpc) is 3.31. The topological polar surface area (TPSA) is 81.9 Å². The zero-order valence-corrected chi connectivity index (χ0v) is 16.7. The molecule has 1 N–H and O–H groups in total. The summed E-state index contributed by atoms with van der Waals surface area (Å²) in [5, 5.41) is 4.22. The van der Waals surface area contributed by atoms with Crippen LogP contribution in [0.4, 0.5) is 0 Å². The second kappa shape index (κ2) is 7.25. The molecule has 5 rings (SSSR count). The van der Waals surface area contributed by atoms with Crippen LogP contribution in [-0.4, -0.2) is 38.6 Å². The zero-order chi connectivity index (χ0) is 19.1. The van der Waals surface area contributed by atoms with Gasteiger partial charge in [-0.3, -0.25) is 4.79 Å². The molecular weight excluding hydrogens is 374 g/mol. The maximum atomic E-state index is 12.9. The minimum absolute atomic E-state index is 0.0170. The molecule has 1 unspecified atom stereocenters. The zero-order valence-electron chi connectivity index (χ0n) is 15.9. The Labute approximate surface area is 167 Å². The molecule has 2 aliphatic rings. The number of imidazole rings is 1. The van der Waals surface area contributed by atoms with Gasteiger partial charge < -0.3 is 14.6 Å². The normalized spacial score (nSPS) is 20.2. The summed E-state index contributed by atoms with van der Waals surface area (Å²) in [5.41, 5.74) is 3.18. The number of nitrogens with one attached hydrogen (secondary N) is 1. The Kier molecular flexibility index (Phi) is 4.60. The van der Waals surface area contributed by atoms with Crippen LogP contribution in [0.5, 0.6) is 0 Å². The summed E-state index contributed by atoms with van der Waals surface area (Å²) >= 11 is 1.74. The average molecular weight is 398 g/mol. The largest absolute Gasteiger partial charge is 0.381 e. The molecule has 3 aromatic heterocycles. The first-order chi connectivity index (χ1) is 13.7. The van der Waals surface area contributed by atoms with Crippen LogP contribution in [0.1, 0.15) is 63.7 Å². The van der Waals surface area contributed by atoms with Crippen LogP contribution >= 0.6 is 11.3 Å². The Balaban J connectivity index is 1.37. The number of nitrogens with zero attached hydrogens (tertiary/aromatic N) is 4. The quantitative estimate of drug-likeness (QED) is 0.733. The molecule has 8 heteroatoms. The predicted octanol–water partition coefficient (Wildman–Crippen LogP) is 3.36. The van der Waals surface area contributed by atoms with Crippen LogP contribution in [0, 0.1) is 6.92 Å². The van der Waals surface area contributed by atoms with E-state index in [1.807, 2.05) is 19.3 Å². The minimum Gasteiger partial charge on any atom is -0.381 e. The molecule has 0 spiro atoms. The minimum atomic E-state index is -0.112. The number of thiazole rings is 1. The summed E-state index contributed by atoms with van der Waals surface area (Å²) in [6, 6.07) is 2.18. The molecule has 1 atom stereocenters. The molecule has 0 aromatic carbocycles. The van der Waals surface area contributed by atoms with Crippen molar-refractivity contribution in [2.24, 2.45) is 0 Å². The third-order valence-electron chi connectivity index (χ3n) is 5.63. The Morgan fingerprint density at radius 2 is 2.14 bits per heavy atom. The monoisotopic (exact) mass is 397 g/mol. The Hall–Kier alpha value is -2.32. The van der Waals surface area contributed by atoms with Crippen molar-refractivity contribution < 1.29 is 9.53 Å². The second-order valence-corrected chi connectivity index (χ2v) is 8.81. The first-order valence-corrected chi connectivity index (χ1v) is 10.7.